The van der Waals surface area contributed by atoms with E-state index in [1.807, 2.05) is 38.1 Å². The van der Waals surface area contributed by atoms with Crippen molar-refractivity contribution >= 4 is 28.8 Å². The molecule has 1 aromatic carbocycles. The maximum atomic E-state index is 13.1. The van der Waals surface area contributed by atoms with E-state index in [9.17, 15) is 9.59 Å². The fraction of sp³-hybridized carbons (Fsp3) is 0.381. The Kier molecular flexibility index (Phi) is 5.89. The monoisotopic (exact) mass is 425 g/mol. The van der Waals surface area contributed by atoms with Gasteiger partial charge in [-0.15, -0.1) is 10.2 Å². The van der Waals surface area contributed by atoms with Crippen LogP contribution in [0, 0.1) is 6.92 Å². The second-order valence-electron chi connectivity index (χ2n) is 7.24. The zero-order valence-corrected chi connectivity index (χ0v) is 17.7. The van der Waals surface area contributed by atoms with Gasteiger partial charge in [0.15, 0.2) is 0 Å². The van der Waals surface area contributed by atoms with Crippen molar-refractivity contribution in [2.75, 3.05) is 11.9 Å². The zero-order chi connectivity index (χ0) is 21.1. The van der Waals surface area contributed by atoms with Crippen LogP contribution < -0.4 is 5.32 Å². The topological polar surface area (TPSA) is 101 Å². The summed E-state index contributed by atoms with van der Waals surface area (Å²) in [7, 11) is 0. The first-order valence-electron chi connectivity index (χ1n) is 10.0. The molecule has 156 valence electrons. The van der Waals surface area contributed by atoms with Crippen molar-refractivity contribution in [2.45, 2.75) is 45.6 Å². The SMILES string of the molecule is CCc1cc(C(=O)N2CCCC[C@@H]2C(=O)Nc2cccc(-c3nnc(C)s3)c2)on1. The highest BCUT2D eigenvalue weighted by atomic mass is 32.1. The molecule has 4 rings (SSSR count). The van der Waals surface area contributed by atoms with E-state index < -0.39 is 6.04 Å². The minimum atomic E-state index is -0.547. The van der Waals surface area contributed by atoms with Gasteiger partial charge in [0.25, 0.3) is 5.91 Å². The van der Waals surface area contributed by atoms with Gasteiger partial charge in [0.2, 0.25) is 11.7 Å². The Bertz CT molecular complexity index is 1060. The number of nitrogens with one attached hydrogen (secondary N) is 1. The van der Waals surface area contributed by atoms with E-state index in [2.05, 4.69) is 20.7 Å². The van der Waals surface area contributed by atoms with E-state index in [4.69, 9.17) is 4.52 Å². The van der Waals surface area contributed by atoms with Gasteiger partial charge in [-0.1, -0.05) is 35.5 Å². The number of aromatic nitrogens is 3. The number of amides is 2. The van der Waals surface area contributed by atoms with E-state index >= 15 is 0 Å². The molecular weight excluding hydrogens is 402 g/mol. The molecule has 1 aliphatic rings. The molecule has 30 heavy (non-hydrogen) atoms. The van der Waals surface area contributed by atoms with Crippen LogP contribution in [0.25, 0.3) is 10.6 Å². The average molecular weight is 426 g/mol. The van der Waals surface area contributed by atoms with Crippen LogP contribution in [-0.2, 0) is 11.2 Å². The molecular formula is C21H23N5O3S. The van der Waals surface area contributed by atoms with Crippen LogP contribution in [0.1, 0.15) is 47.4 Å². The smallest absolute Gasteiger partial charge is 0.293 e. The fourth-order valence-electron chi connectivity index (χ4n) is 3.54. The summed E-state index contributed by atoms with van der Waals surface area (Å²) in [6, 6.07) is 8.60. The van der Waals surface area contributed by atoms with Crippen LogP contribution in [0.3, 0.4) is 0 Å². The molecule has 9 heteroatoms. The Morgan fingerprint density at radius 2 is 2.13 bits per heavy atom. The van der Waals surface area contributed by atoms with E-state index in [-0.39, 0.29) is 17.6 Å². The first-order valence-corrected chi connectivity index (χ1v) is 10.8. The van der Waals surface area contributed by atoms with E-state index in [1.165, 1.54) is 11.3 Å². The number of likely N-dealkylation sites (tertiary alicyclic amines) is 1. The molecule has 0 radical (unpaired) electrons. The lowest BCUT2D eigenvalue weighted by molar-refractivity contribution is -0.121. The summed E-state index contributed by atoms with van der Waals surface area (Å²) >= 11 is 1.50. The Labute approximate surface area is 178 Å². The van der Waals surface area contributed by atoms with E-state index in [1.54, 1.807) is 11.0 Å². The fourth-order valence-corrected chi connectivity index (χ4v) is 4.22. The number of piperidine rings is 1. The average Bonchev–Trinajstić information content (AvgIpc) is 3.42. The number of hydrogen-bond donors (Lipinski definition) is 1. The van der Waals surface area contributed by atoms with Gasteiger partial charge in [-0.3, -0.25) is 9.59 Å². The summed E-state index contributed by atoms with van der Waals surface area (Å²) in [4.78, 5) is 27.6. The molecule has 3 aromatic rings. The molecule has 8 nitrogen and oxygen atoms in total. The maximum absolute atomic E-state index is 13.1. The van der Waals surface area contributed by atoms with E-state index in [0.29, 0.717) is 25.1 Å². The first-order chi connectivity index (χ1) is 14.5. The third-order valence-electron chi connectivity index (χ3n) is 5.10. The normalized spacial score (nSPS) is 16.5. The van der Waals surface area contributed by atoms with Crippen molar-refractivity contribution in [3.63, 3.8) is 0 Å². The van der Waals surface area contributed by atoms with Gasteiger partial charge < -0.3 is 14.7 Å². The van der Waals surface area contributed by atoms with Gasteiger partial charge in [0, 0.05) is 23.9 Å². The minimum Gasteiger partial charge on any atom is -0.351 e. The molecule has 1 saturated heterocycles. The van der Waals surface area contributed by atoms with Crippen molar-refractivity contribution in [3.05, 3.63) is 46.8 Å². The number of aryl methyl sites for hydroxylation is 2. The van der Waals surface area contributed by atoms with Gasteiger partial charge in [-0.05, 0) is 44.7 Å². The molecule has 0 bridgehead atoms. The molecule has 0 aliphatic carbocycles. The van der Waals surface area contributed by atoms with E-state index in [0.717, 1.165) is 34.1 Å². The highest BCUT2D eigenvalue weighted by molar-refractivity contribution is 7.14. The van der Waals surface area contributed by atoms with Crippen LogP contribution in [0.15, 0.2) is 34.9 Å². The van der Waals surface area contributed by atoms with Gasteiger partial charge in [0.1, 0.15) is 16.1 Å². The number of rotatable bonds is 5. The number of anilines is 1. The number of carbonyl (C=O) groups is 2. The third-order valence-corrected chi connectivity index (χ3v) is 5.99. The summed E-state index contributed by atoms with van der Waals surface area (Å²) in [5, 5.41) is 16.7. The second kappa shape index (κ2) is 8.74. The summed E-state index contributed by atoms with van der Waals surface area (Å²) in [5.74, 6) is -0.316. The Balaban J connectivity index is 1.50. The summed E-state index contributed by atoms with van der Waals surface area (Å²) < 4.78 is 5.20. The number of hydrogen-bond acceptors (Lipinski definition) is 7. The highest BCUT2D eigenvalue weighted by Crippen LogP contribution is 2.26. The minimum absolute atomic E-state index is 0.181. The quantitative estimate of drug-likeness (QED) is 0.669. The number of nitrogens with zero attached hydrogens (tertiary/aromatic N) is 4. The standard InChI is InChI=1S/C21H23N5O3S/c1-3-15-12-18(29-25-15)21(28)26-10-5-4-9-17(26)19(27)22-16-8-6-7-14(11-16)20-24-23-13(2)30-20/h6-8,11-12,17H,3-5,9-10H2,1-2H3,(H,22,27)/t17-/m1/s1. The molecule has 2 amide bonds. The van der Waals surface area contributed by atoms with Gasteiger partial charge in [0.05, 0.1) is 5.69 Å². The van der Waals surface area contributed by atoms with Crippen molar-refractivity contribution in [1.29, 1.82) is 0 Å². The lowest BCUT2D eigenvalue weighted by atomic mass is 10.0. The van der Waals surface area contributed by atoms with Crippen LogP contribution in [0.2, 0.25) is 0 Å². The Morgan fingerprint density at radius 3 is 2.87 bits per heavy atom. The Hall–Kier alpha value is -3.07. The summed E-state index contributed by atoms with van der Waals surface area (Å²) in [6.07, 6.45) is 3.05. The maximum Gasteiger partial charge on any atom is 0.293 e. The van der Waals surface area contributed by atoms with Crippen molar-refractivity contribution in [3.8, 4) is 10.6 Å². The van der Waals surface area contributed by atoms with Crippen molar-refractivity contribution in [2.24, 2.45) is 0 Å². The predicted molar refractivity (Wildman–Crippen MR) is 113 cm³/mol. The summed E-state index contributed by atoms with van der Waals surface area (Å²) in [6.45, 7) is 4.36. The van der Waals surface area contributed by atoms with Crippen LogP contribution in [-0.4, -0.2) is 44.7 Å². The first kappa shape index (κ1) is 20.2. The molecule has 2 aromatic heterocycles. The van der Waals surface area contributed by atoms with Crippen LogP contribution in [0.4, 0.5) is 5.69 Å². The van der Waals surface area contributed by atoms with Gasteiger partial charge in [-0.2, -0.15) is 0 Å². The molecule has 1 N–H and O–H groups in total. The molecule has 0 spiro atoms. The lowest BCUT2D eigenvalue weighted by Gasteiger charge is -2.34. The largest absolute Gasteiger partial charge is 0.351 e. The lowest BCUT2D eigenvalue weighted by Crippen LogP contribution is -2.49. The molecule has 1 fully saturated rings. The molecule has 1 aliphatic heterocycles. The summed E-state index contributed by atoms with van der Waals surface area (Å²) in [5.41, 5.74) is 2.28. The third kappa shape index (κ3) is 4.25. The van der Waals surface area contributed by atoms with Gasteiger partial charge >= 0.3 is 0 Å². The highest BCUT2D eigenvalue weighted by Gasteiger charge is 2.34. The molecule has 1 atom stereocenters. The zero-order valence-electron chi connectivity index (χ0n) is 16.9. The van der Waals surface area contributed by atoms with Gasteiger partial charge in [-0.25, -0.2) is 0 Å². The number of benzene rings is 1. The molecule has 3 heterocycles. The Morgan fingerprint density at radius 1 is 1.27 bits per heavy atom. The molecule has 0 unspecified atom stereocenters. The predicted octanol–water partition coefficient (Wildman–Crippen LogP) is 3.70. The second-order valence-corrected chi connectivity index (χ2v) is 8.42. The number of carbonyl (C=O) groups excluding carboxylic acids is 2. The van der Waals surface area contributed by atoms with Crippen LogP contribution in [0.5, 0.6) is 0 Å². The van der Waals surface area contributed by atoms with Crippen molar-refractivity contribution in [1.82, 2.24) is 20.3 Å². The van der Waals surface area contributed by atoms with Crippen LogP contribution >= 0.6 is 11.3 Å². The molecule has 0 saturated carbocycles. The van der Waals surface area contributed by atoms with Crippen molar-refractivity contribution < 1.29 is 14.1 Å².